The predicted molar refractivity (Wildman–Crippen MR) is 75.6 cm³/mol. The van der Waals surface area contributed by atoms with E-state index in [1.807, 2.05) is 19.4 Å². The van der Waals surface area contributed by atoms with Crippen LogP contribution in [0.3, 0.4) is 0 Å². The van der Waals surface area contributed by atoms with Gasteiger partial charge in [-0.1, -0.05) is 0 Å². The van der Waals surface area contributed by atoms with Crippen LogP contribution in [0.2, 0.25) is 0 Å². The van der Waals surface area contributed by atoms with Crippen molar-refractivity contribution in [2.45, 2.75) is 19.8 Å². The molecule has 0 saturated heterocycles. The lowest BCUT2D eigenvalue weighted by molar-refractivity contribution is -0.385. The summed E-state index contributed by atoms with van der Waals surface area (Å²) in [6.45, 7) is 2.47. The first kappa shape index (κ1) is 14.0. The van der Waals surface area contributed by atoms with Gasteiger partial charge in [-0.15, -0.1) is 0 Å². The average Bonchev–Trinajstić information content (AvgIpc) is 2.80. The van der Waals surface area contributed by atoms with Crippen molar-refractivity contribution in [1.29, 1.82) is 0 Å². The Morgan fingerprint density at radius 3 is 2.85 bits per heavy atom. The van der Waals surface area contributed by atoms with Gasteiger partial charge in [0.25, 0.3) is 5.69 Å². The van der Waals surface area contributed by atoms with Gasteiger partial charge in [0.05, 0.1) is 11.1 Å². The van der Waals surface area contributed by atoms with Gasteiger partial charge in [0.15, 0.2) is 0 Å². The molecular formula is C13H17N5O2. The van der Waals surface area contributed by atoms with E-state index in [9.17, 15) is 10.1 Å². The highest BCUT2D eigenvalue weighted by molar-refractivity contribution is 5.46. The number of hydrogen-bond donors (Lipinski definition) is 1. The van der Waals surface area contributed by atoms with Crippen molar-refractivity contribution in [2.24, 2.45) is 7.05 Å². The lowest BCUT2D eigenvalue weighted by Gasteiger charge is -2.05. The highest BCUT2D eigenvalue weighted by Gasteiger charge is 2.10. The SMILES string of the molecule is Cc1cc(NCCCc2cnn(C)c2)ncc1[N+](=O)[O-]. The largest absolute Gasteiger partial charge is 0.370 e. The van der Waals surface area contributed by atoms with E-state index in [0.29, 0.717) is 11.4 Å². The summed E-state index contributed by atoms with van der Waals surface area (Å²) in [5.74, 6) is 0.666. The molecule has 0 radical (unpaired) electrons. The van der Waals surface area contributed by atoms with Crippen molar-refractivity contribution in [2.75, 3.05) is 11.9 Å². The van der Waals surface area contributed by atoms with Crippen LogP contribution in [0, 0.1) is 17.0 Å². The Balaban J connectivity index is 1.82. The first-order chi connectivity index (χ1) is 9.56. The molecule has 1 N–H and O–H groups in total. The molecule has 2 aromatic rings. The number of aryl methyl sites for hydroxylation is 3. The Labute approximate surface area is 116 Å². The van der Waals surface area contributed by atoms with Crippen LogP contribution in [0.4, 0.5) is 11.5 Å². The Morgan fingerprint density at radius 2 is 2.25 bits per heavy atom. The second kappa shape index (κ2) is 6.14. The minimum Gasteiger partial charge on any atom is -0.370 e. The second-order valence-electron chi connectivity index (χ2n) is 4.67. The van der Waals surface area contributed by atoms with Gasteiger partial charge >= 0.3 is 0 Å². The average molecular weight is 275 g/mol. The third-order valence-corrected chi connectivity index (χ3v) is 2.99. The molecule has 7 nitrogen and oxygen atoms in total. The summed E-state index contributed by atoms with van der Waals surface area (Å²) in [5, 5.41) is 18.0. The molecule has 0 bridgehead atoms. The second-order valence-corrected chi connectivity index (χ2v) is 4.67. The van der Waals surface area contributed by atoms with E-state index in [1.54, 1.807) is 17.7 Å². The first-order valence-corrected chi connectivity index (χ1v) is 6.38. The number of nitrogens with zero attached hydrogens (tertiary/aromatic N) is 4. The number of hydrogen-bond acceptors (Lipinski definition) is 5. The van der Waals surface area contributed by atoms with Crippen molar-refractivity contribution >= 4 is 11.5 Å². The molecule has 0 unspecified atom stereocenters. The zero-order chi connectivity index (χ0) is 14.5. The van der Waals surface area contributed by atoms with Gasteiger partial charge in [-0.2, -0.15) is 5.10 Å². The fourth-order valence-electron chi connectivity index (χ4n) is 1.95. The van der Waals surface area contributed by atoms with Crippen LogP contribution < -0.4 is 5.32 Å². The van der Waals surface area contributed by atoms with Crippen LogP contribution in [0.1, 0.15) is 17.5 Å². The number of aromatic nitrogens is 3. The predicted octanol–water partition coefficient (Wildman–Crippen LogP) is 2.08. The molecular weight excluding hydrogens is 258 g/mol. The quantitative estimate of drug-likeness (QED) is 0.495. The van der Waals surface area contributed by atoms with Gasteiger partial charge in [-0.05, 0) is 31.4 Å². The summed E-state index contributed by atoms with van der Waals surface area (Å²) in [4.78, 5) is 14.3. The van der Waals surface area contributed by atoms with E-state index < -0.39 is 4.92 Å². The molecule has 7 heteroatoms. The molecule has 2 heterocycles. The van der Waals surface area contributed by atoms with Crippen molar-refractivity contribution < 1.29 is 4.92 Å². The summed E-state index contributed by atoms with van der Waals surface area (Å²) in [7, 11) is 1.89. The summed E-state index contributed by atoms with van der Waals surface area (Å²) in [6, 6.07) is 1.70. The minimum absolute atomic E-state index is 0.0471. The topological polar surface area (TPSA) is 85.9 Å². The van der Waals surface area contributed by atoms with Crippen LogP contribution in [-0.4, -0.2) is 26.2 Å². The standard InChI is InChI=1S/C13H17N5O2/c1-10-6-13(15-8-12(10)18(19)20)14-5-3-4-11-7-16-17(2)9-11/h6-9H,3-5H2,1-2H3,(H,14,15). The molecule has 0 aliphatic heterocycles. The first-order valence-electron chi connectivity index (χ1n) is 6.38. The van der Waals surface area contributed by atoms with Gasteiger partial charge in [-0.25, -0.2) is 4.98 Å². The monoisotopic (exact) mass is 275 g/mol. The van der Waals surface area contributed by atoms with E-state index in [4.69, 9.17) is 0 Å². The van der Waals surface area contributed by atoms with E-state index >= 15 is 0 Å². The molecule has 2 rings (SSSR count). The molecule has 0 saturated carbocycles. The Hall–Kier alpha value is -2.44. The molecule has 0 aliphatic carbocycles. The van der Waals surface area contributed by atoms with Gasteiger partial charge < -0.3 is 5.32 Å². The lowest BCUT2D eigenvalue weighted by atomic mass is 10.2. The van der Waals surface area contributed by atoms with Crippen molar-refractivity contribution in [3.05, 3.63) is 45.9 Å². The fraction of sp³-hybridized carbons (Fsp3) is 0.385. The van der Waals surface area contributed by atoms with Crippen LogP contribution >= 0.6 is 0 Å². The van der Waals surface area contributed by atoms with Crippen molar-refractivity contribution in [1.82, 2.24) is 14.8 Å². The number of pyridine rings is 1. The van der Waals surface area contributed by atoms with Crippen LogP contribution in [0.25, 0.3) is 0 Å². The zero-order valence-corrected chi connectivity index (χ0v) is 11.5. The van der Waals surface area contributed by atoms with Crippen LogP contribution in [0.5, 0.6) is 0 Å². The van der Waals surface area contributed by atoms with E-state index in [-0.39, 0.29) is 5.69 Å². The maximum Gasteiger partial charge on any atom is 0.290 e. The minimum atomic E-state index is -0.422. The number of nitro groups is 1. The summed E-state index contributed by atoms with van der Waals surface area (Å²) >= 11 is 0. The molecule has 0 fully saturated rings. The zero-order valence-electron chi connectivity index (χ0n) is 11.5. The van der Waals surface area contributed by atoms with Crippen molar-refractivity contribution in [3.63, 3.8) is 0 Å². The van der Waals surface area contributed by atoms with E-state index in [1.165, 1.54) is 11.8 Å². The Morgan fingerprint density at radius 1 is 1.45 bits per heavy atom. The maximum atomic E-state index is 10.7. The molecule has 2 aromatic heterocycles. The Bertz CT molecular complexity index is 609. The summed E-state index contributed by atoms with van der Waals surface area (Å²) in [6.07, 6.45) is 7.03. The molecule has 0 spiro atoms. The van der Waals surface area contributed by atoms with Crippen LogP contribution in [-0.2, 0) is 13.5 Å². The molecule has 20 heavy (non-hydrogen) atoms. The normalized spacial score (nSPS) is 10.5. The van der Waals surface area contributed by atoms with Gasteiger partial charge in [0, 0.05) is 25.4 Å². The molecule has 0 aromatic carbocycles. The fourth-order valence-corrected chi connectivity index (χ4v) is 1.95. The van der Waals surface area contributed by atoms with Gasteiger partial charge in [-0.3, -0.25) is 14.8 Å². The van der Waals surface area contributed by atoms with Crippen LogP contribution in [0.15, 0.2) is 24.7 Å². The third kappa shape index (κ3) is 3.53. The smallest absolute Gasteiger partial charge is 0.290 e. The summed E-state index contributed by atoms with van der Waals surface area (Å²) < 4.78 is 1.78. The molecule has 106 valence electrons. The lowest BCUT2D eigenvalue weighted by Crippen LogP contribution is -2.05. The number of nitrogens with one attached hydrogen (secondary N) is 1. The highest BCUT2D eigenvalue weighted by Crippen LogP contribution is 2.18. The molecule has 0 atom stereocenters. The third-order valence-electron chi connectivity index (χ3n) is 2.99. The summed E-state index contributed by atoms with van der Waals surface area (Å²) in [5.41, 5.74) is 1.85. The van der Waals surface area contributed by atoms with Gasteiger partial charge in [0.2, 0.25) is 0 Å². The maximum absolute atomic E-state index is 10.7. The Kier molecular flexibility index (Phi) is 4.29. The van der Waals surface area contributed by atoms with Crippen molar-refractivity contribution in [3.8, 4) is 0 Å². The molecule has 0 amide bonds. The number of anilines is 1. The van der Waals surface area contributed by atoms with Gasteiger partial charge in [0.1, 0.15) is 12.0 Å². The number of rotatable bonds is 6. The highest BCUT2D eigenvalue weighted by atomic mass is 16.6. The molecule has 0 aliphatic rings. The van der Waals surface area contributed by atoms with E-state index in [2.05, 4.69) is 15.4 Å². The van der Waals surface area contributed by atoms with E-state index in [0.717, 1.165) is 19.4 Å².